The Labute approximate surface area is 116 Å². The van der Waals surface area contributed by atoms with Crippen LogP contribution in [0.5, 0.6) is 5.75 Å². The normalized spacial score (nSPS) is 10.3. The van der Waals surface area contributed by atoms with Crippen LogP contribution in [0.15, 0.2) is 41.3 Å². The highest BCUT2D eigenvalue weighted by Gasteiger charge is 2.15. The quantitative estimate of drug-likeness (QED) is 0.869. The van der Waals surface area contributed by atoms with E-state index < -0.39 is 17.1 Å². The molecule has 2 rings (SSSR count). The van der Waals surface area contributed by atoms with Crippen molar-refractivity contribution < 1.29 is 14.6 Å². The largest absolute Gasteiger partial charge is 0.503 e. The molecule has 0 bridgehead atoms. The van der Waals surface area contributed by atoms with Gasteiger partial charge in [0.1, 0.15) is 5.69 Å². The molecule has 0 aliphatic carbocycles. The number of esters is 1. The molecule has 1 aromatic heterocycles. The zero-order valence-corrected chi connectivity index (χ0v) is 11.3. The minimum absolute atomic E-state index is 0.0819. The third-order valence-electron chi connectivity index (χ3n) is 2.83. The first kappa shape index (κ1) is 13.9. The van der Waals surface area contributed by atoms with Crippen LogP contribution in [0.3, 0.4) is 0 Å². The third-order valence-corrected chi connectivity index (χ3v) is 2.83. The number of pyridine rings is 1. The summed E-state index contributed by atoms with van der Waals surface area (Å²) >= 11 is 0. The van der Waals surface area contributed by atoms with Crippen LogP contribution in [0.25, 0.3) is 5.69 Å². The smallest absolute Gasteiger partial charge is 0.355 e. The minimum atomic E-state index is -0.614. The first-order valence-corrected chi connectivity index (χ1v) is 6.22. The fraction of sp³-hybridized carbons (Fsp3) is 0.200. The molecular weight excluding hydrogens is 258 g/mol. The second kappa shape index (κ2) is 5.61. The van der Waals surface area contributed by atoms with Gasteiger partial charge in [0.15, 0.2) is 5.75 Å². The number of ether oxygens (including phenoxy) is 1. The van der Waals surface area contributed by atoms with Gasteiger partial charge in [-0.15, -0.1) is 0 Å². The molecule has 5 nitrogen and oxygen atoms in total. The van der Waals surface area contributed by atoms with Gasteiger partial charge in [0.05, 0.1) is 12.8 Å². The monoisotopic (exact) mass is 273 g/mol. The Morgan fingerprint density at radius 2 is 1.95 bits per heavy atom. The predicted molar refractivity (Wildman–Crippen MR) is 74.4 cm³/mol. The van der Waals surface area contributed by atoms with E-state index in [4.69, 9.17) is 4.74 Å². The molecule has 104 valence electrons. The lowest BCUT2D eigenvalue weighted by Crippen LogP contribution is -2.17. The van der Waals surface area contributed by atoms with Crippen molar-refractivity contribution in [2.24, 2.45) is 0 Å². The van der Waals surface area contributed by atoms with Crippen LogP contribution in [0.4, 0.5) is 0 Å². The summed E-state index contributed by atoms with van der Waals surface area (Å²) in [6.45, 7) is 3.84. The molecular formula is C15H15NO4. The number of hydrogen-bond donors (Lipinski definition) is 1. The molecule has 0 fully saturated rings. The van der Waals surface area contributed by atoms with E-state index in [1.165, 1.54) is 10.8 Å². The highest BCUT2D eigenvalue weighted by Crippen LogP contribution is 2.15. The fourth-order valence-electron chi connectivity index (χ4n) is 1.80. The number of rotatable bonds is 3. The summed E-state index contributed by atoms with van der Waals surface area (Å²) in [7, 11) is 0. The zero-order chi connectivity index (χ0) is 14.7. The maximum absolute atomic E-state index is 11.9. The summed E-state index contributed by atoms with van der Waals surface area (Å²) in [5.74, 6) is -1.02. The number of carbonyl (C=O) groups excluding carboxylic acids is 1. The van der Waals surface area contributed by atoms with Crippen molar-refractivity contribution in [1.29, 1.82) is 0 Å². The summed E-state index contributed by atoms with van der Waals surface area (Å²) in [6, 6.07) is 8.41. The second-order valence-corrected chi connectivity index (χ2v) is 4.33. The van der Waals surface area contributed by atoms with Crippen LogP contribution in [-0.4, -0.2) is 22.2 Å². The number of aromatic hydroxyl groups is 1. The second-order valence-electron chi connectivity index (χ2n) is 4.33. The number of aromatic nitrogens is 1. The third kappa shape index (κ3) is 2.71. The van der Waals surface area contributed by atoms with Crippen molar-refractivity contribution in [2.45, 2.75) is 13.8 Å². The van der Waals surface area contributed by atoms with Crippen LogP contribution in [0.2, 0.25) is 0 Å². The SMILES string of the molecule is CCOC(=O)c1cc(=O)c(O)cn1-c1ccc(C)cc1. The van der Waals surface area contributed by atoms with Crippen LogP contribution < -0.4 is 5.43 Å². The minimum Gasteiger partial charge on any atom is -0.503 e. The average molecular weight is 273 g/mol. The molecule has 0 radical (unpaired) electrons. The summed E-state index contributed by atoms with van der Waals surface area (Å²) in [5.41, 5.74) is 1.19. The van der Waals surface area contributed by atoms with E-state index in [2.05, 4.69) is 0 Å². The van der Waals surface area contributed by atoms with Crippen molar-refractivity contribution in [3.8, 4) is 11.4 Å². The Morgan fingerprint density at radius 1 is 1.30 bits per heavy atom. The Kier molecular flexibility index (Phi) is 3.89. The summed E-state index contributed by atoms with van der Waals surface area (Å²) < 4.78 is 6.37. The first-order valence-electron chi connectivity index (χ1n) is 6.22. The van der Waals surface area contributed by atoms with Gasteiger partial charge >= 0.3 is 5.97 Å². The molecule has 20 heavy (non-hydrogen) atoms. The molecule has 0 spiro atoms. The van der Waals surface area contributed by atoms with Gasteiger partial charge in [0.25, 0.3) is 0 Å². The predicted octanol–water partition coefficient (Wildman–Crippen LogP) is 2.03. The molecule has 0 saturated heterocycles. The van der Waals surface area contributed by atoms with Crippen molar-refractivity contribution in [2.75, 3.05) is 6.61 Å². The molecule has 5 heteroatoms. The first-order chi connectivity index (χ1) is 9.52. The Balaban J connectivity index is 2.61. The number of benzene rings is 1. The molecule has 0 atom stereocenters. The van der Waals surface area contributed by atoms with Gasteiger partial charge in [-0.1, -0.05) is 17.7 Å². The van der Waals surface area contributed by atoms with Crippen LogP contribution in [-0.2, 0) is 4.74 Å². The molecule has 1 N–H and O–H groups in total. The lowest BCUT2D eigenvalue weighted by Gasteiger charge is -2.13. The van der Waals surface area contributed by atoms with Gasteiger partial charge in [-0.05, 0) is 26.0 Å². The lowest BCUT2D eigenvalue weighted by molar-refractivity contribution is 0.0516. The van der Waals surface area contributed by atoms with E-state index >= 15 is 0 Å². The molecule has 1 heterocycles. The van der Waals surface area contributed by atoms with Crippen molar-refractivity contribution in [3.63, 3.8) is 0 Å². The van der Waals surface area contributed by atoms with E-state index in [0.717, 1.165) is 11.6 Å². The summed E-state index contributed by atoms with van der Waals surface area (Å²) in [5, 5.41) is 9.57. The highest BCUT2D eigenvalue weighted by molar-refractivity contribution is 5.88. The highest BCUT2D eigenvalue weighted by atomic mass is 16.5. The molecule has 1 aromatic carbocycles. The van der Waals surface area contributed by atoms with E-state index in [-0.39, 0.29) is 12.3 Å². The Hall–Kier alpha value is -2.56. The summed E-state index contributed by atoms with van der Waals surface area (Å²) in [4.78, 5) is 23.4. The van der Waals surface area contributed by atoms with E-state index in [9.17, 15) is 14.7 Å². The molecule has 0 saturated carbocycles. The lowest BCUT2D eigenvalue weighted by atomic mass is 10.2. The van der Waals surface area contributed by atoms with Crippen molar-refractivity contribution in [1.82, 2.24) is 4.57 Å². The molecule has 2 aromatic rings. The molecule has 0 unspecified atom stereocenters. The van der Waals surface area contributed by atoms with Gasteiger partial charge in [-0.25, -0.2) is 4.79 Å². The molecule has 0 amide bonds. The van der Waals surface area contributed by atoms with Gasteiger partial charge < -0.3 is 14.4 Å². The summed E-state index contributed by atoms with van der Waals surface area (Å²) in [6.07, 6.45) is 1.22. The van der Waals surface area contributed by atoms with E-state index in [1.807, 2.05) is 19.1 Å². The van der Waals surface area contributed by atoms with Crippen LogP contribution >= 0.6 is 0 Å². The number of nitrogens with zero attached hydrogens (tertiary/aromatic N) is 1. The van der Waals surface area contributed by atoms with E-state index in [0.29, 0.717) is 5.69 Å². The number of aryl methyl sites for hydroxylation is 1. The van der Waals surface area contributed by atoms with Crippen molar-refractivity contribution >= 4 is 5.97 Å². The standard InChI is InChI=1S/C15H15NO4/c1-3-20-15(19)12-8-13(17)14(18)9-16(12)11-6-4-10(2)5-7-11/h4-9,18H,3H2,1-2H3. The van der Waals surface area contributed by atoms with Gasteiger partial charge in [-0.3, -0.25) is 4.79 Å². The van der Waals surface area contributed by atoms with Gasteiger partial charge in [0.2, 0.25) is 5.43 Å². The number of carbonyl (C=O) groups is 1. The maximum Gasteiger partial charge on any atom is 0.355 e. The molecule has 0 aliphatic rings. The maximum atomic E-state index is 11.9. The van der Waals surface area contributed by atoms with Gasteiger partial charge in [-0.2, -0.15) is 0 Å². The van der Waals surface area contributed by atoms with Crippen LogP contribution in [0.1, 0.15) is 23.0 Å². The zero-order valence-electron chi connectivity index (χ0n) is 11.3. The Bertz CT molecular complexity index is 686. The van der Waals surface area contributed by atoms with Crippen molar-refractivity contribution in [3.05, 3.63) is 58.0 Å². The fourth-order valence-corrected chi connectivity index (χ4v) is 1.80. The Morgan fingerprint density at radius 3 is 2.55 bits per heavy atom. The topological polar surface area (TPSA) is 68.5 Å². The van der Waals surface area contributed by atoms with Gasteiger partial charge in [0, 0.05) is 11.8 Å². The van der Waals surface area contributed by atoms with E-state index in [1.54, 1.807) is 19.1 Å². The number of hydrogen-bond acceptors (Lipinski definition) is 4. The van der Waals surface area contributed by atoms with Crippen LogP contribution in [0, 0.1) is 6.92 Å². The average Bonchev–Trinajstić information content (AvgIpc) is 2.42. The molecule has 0 aliphatic heterocycles.